The molecule has 0 amide bonds. The lowest BCUT2D eigenvalue weighted by Gasteiger charge is -2.21. The van der Waals surface area contributed by atoms with E-state index >= 15 is 0 Å². The van der Waals surface area contributed by atoms with E-state index in [4.69, 9.17) is 10.7 Å². The summed E-state index contributed by atoms with van der Waals surface area (Å²) in [5.74, 6) is 0.310. The quantitative estimate of drug-likeness (QED) is 0.379. The van der Waals surface area contributed by atoms with Crippen LogP contribution in [-0.4, -0.2) is 19.5 Å². The predicted molar refractivity (Wildman–Crippen MR) is 136 cm³/mol. The molecule has 0 saturated carbocycles. The van der Waals surface area contributed by atoms with Crippen molar-refractivity contribution in [2.75, 3.05) is 11.1 Å². The van der Waals surface area contributed by atoms with Crippen LogP contribution in [-0.2, 0) is 0 Å². The second kappa shape index (κ2) is 9.27. The van der Waals surface area contributed by atoms with Crippen molar-refractivity contribution in [2.24, 2.45) is 0 Å². The number of aromatic nitrogens is 4. The number of nitriles is 1. The van der Waals surface area contributed by atoms with Crippen LogP contribution < -0.4 is 16.6 Å². The van der Waals surface area contributed by atoms with Crippen LogP contribution in [0.4, 0.5) is 16.2 Å². The molecule has 0 aliphatic carbocycles. The van der Waals surface area contributed by atoms with Gasteiger partial charge in [-0.15, -0.1) is 0 Å². The zero-order valence-electron chi connectivity index (χ0n) is 19.2. The average Bonchev–Trinajstić information content (AvgIpc) is 2.89. The molecule has 3 aromatic carbocycles. The second-order valence-electron chi connectivity index (χ2n) is 8.12. The molecule has 9 heteroatoms. The lowest BCUT2D eigenvalue weighted by Crippen LogP contribution is -2.28. The number of anilines is 2. The second-order valence-corrected chi connectivity index (χ2v) is 8.12. The number of nitrogens with zero attached hydrogens (tertiary/aromatic N) is 5. The summed E-state index contributed by atoms with van der Waals surface area (Å²) in [5, 5.41) is 13.0. The number of rotatable bonds is 5. The molecule has 2 heterocycles. The van der Waals surface area contributed by atoms with Crippen molar-refractivity contribution in [1.29, 1.82) is 5.26 Å². The van der Waals surface area contributed by atoms with Crippen LogP contribution in [0.15, 0.2) is 83.8 Å². The Labute approximate surface area is 205 Å². The van der Waals surface area contributed by atoms with Crippen LogP contribution in [0.25, 0.3) is 27.7 Å². The van der Waals surface area contributed by atoms with Gasteiger partial charge in [0.2, 0.25) is 5.95 Å². The zero-order valence-corrected chi connectivity index (χ0v) is 19.2. The third-order valence-corrected chi connectivity index (χ3v) is 5.76. The van der Waals surface area contributed by atoms with Crippen molar-refractivity contribution in [3.63, 3.8) is 0 Å². The van der Waals surface area contributed by atoms with Gasteiger partial charge in [0.1, 0.15) is 29.1 Å². The molecule has 1 atom stereocenters. The fourth-order valence-corrected chi connectivity index (χ4v) is 4.09. The summed E-state index contributed by atoms with van der Waals surface area (Å²) in [6.07, 6.45) is 1.34. The molecule has 0 radical (unpaired) electrons. The minimum absolute atomic E-state index is 0.0135. The Morgan fingerprint density at radius 1 is 1.03 bits per heavy atom. The normalized spacial score (nSPS) is 11.7. The summed E-state index contributed by atoms with van der Waals surface area (Å²) in [7, 11) is 0. The Bertz CT molecular complexity index is 1680. The molecular weight excluding hydrogens is 457 g/mol. The maximum absolute atomic E-state index is 14.1. The first-order valence-corrected chi connectivity index (χ1v) is 11.1. The molecule has 0 unspecified atom stereocenters. The Morgan fingerprint density at radius 3 is 2.50 bits per heavy atom. The maximum atomic E-state index is 14.1. The van der Waals surface area contributed by atoms with Crippen molar-refractivity contribution in [3.8, 4) is 22.9 Å². The molecule has 36 heavy (non-hydrogen) atoms. The summed E-state index contributed by atoms with van der Waals surface area (Å²) >= 11 is 0. The van der Waals surface area contributed by atoms with E-state index in [1.165, 1.54) is 22.9 Å². The van der Waals surface area contributed by atoms with Gasteiger partial charge in [-0.25, -0.2) is 14.4 Å². The van der Waals surface area contributed by atoms with Crippen LogP contribution in [0, 0.1) is 17.1 Å². The molecule has 5 rings (SSSR count). The number of nitrogens with two attached hydrogens (primary N) is 1. The van der Waals surface area contributed by atoms with E-state index in [0.29, 0.717) is 33.5 Å². The molecule has 0 aliphatic rings. The first kappa shape index (κ1) is 22.7. The molecular formula is C27H20FN7O. The summed E-state index contributed by atoms with van der Waals surface area (Å²) in [5.41, 5.74) is 8.13. The fraction of sp³-hybridized carbons (Fsp3) is 0.0741. The summed E-state index contributed by atoms with van der Waals surface area (Å²) in [6, 6.07) is 22.0. The van der Waals surface area contributed by atoms with Gasteiger partial charge in [0.15, 0.2) is 0 Å². The van der Waals surface area contributed by atoms with Crippen LogP contribution in [0.2, 0.25) is 0 Å². The summed E-state index contributed by atoms with van der Waals surface area (Å²) in [6.45, 7) is 1.82. The molecule has 0 spiro atoms. The van der Waals surface area contributed by atoms with Crippen LogP contribution in [0.1, 0.15) is 24.4 Å². The molecule has 0 aliphatic heterocycles. The molecule has 0 saturated heterocycles. The van der Waals surface area contributed by atoms with Gasteiger partial charge in [-0.2, -0.15) is 10.2 Å². The van der Waals surface area contributed by atoms with Gasteiger partial charge in [-0.3, -0.25) is 9.36 Å². The van der Waals surface area contributed by atoms with Gasteiger partial charge < -0.3 is 11.1 Å². The molecule has 176 valence electrons. The van der Waals surface area contributed by atoms with Gasteiger partial charge in [-0.1, -0.05) is 42.5 Å². The number of halogens is 1. The Hall–Kier alpha value is -5.10. The minimum atomic E-state index is -0.543. The van der Waals surface area contributed by atoms with E-state index in [9.17, 15) is 14.4 Å². The van der Waals surface area contributed by atoms with Crippen LogP contribution in [0.3, 0.4) is 0 Å². The highest BCUT2D eigenvalue weighted by Crippen LogP contribution is 2.28. The average molecular weight is 478 g/mol. The van der Waals surface area contributed by atoms with E-state index in [1.807, 2.05) is 49.4 Å². The Morgan fingerprint density at radius 2 is 1.78 bits per heavy atom. The van der Waals surface area contributed by atoms with Gasteiger partial charge >= 0.3 is 0 Å². The predicted octanol–water partition coefficient (Wildman–Crippen LogP) is 4.61. The van der Waals surface area contributed by atoms with Crippen molar-refractivity contribution in [3.05, 3.63) is 107 Å². The zero-order chi connectivity index (χ0) is 25.2. The Balaban J connectivity index is 1.74. The standard InChI is InChI=1S/C27H20FN7O/c1-16(32-24-18(14-29)15-31-27(30)34-24)25-33-22-9-5-8-21(17-10-12-19(28)13-11-17)23(22)26(36)35(25)20-6-3-2-4-7-20/h2-13,15-16H,1H3,(H3,30,31,32,34)/t16-/m1/s1. The lowest BCUT2D eigenvalue weighted by molar-refractivity contribution is 0.628. The van der Waals surface area contributed by atoms with Gasteiger partial charge in [-0.05, 0) is 48.4 Å². The topological polar surface area (TPSA) is 123 Å². The maximum Gasteiger partial charge on any atom is 0.266 e. The molecule has 8 nitrogen and oxygen atoms in total. The lowest BCUT2D eigenvalue weighted by atomic mass is 10.0. The molecule has 0 fully saturated rings. The fourth-order valence-electron chi connectivity index (χ4n) is 4.09. The van der Waals surface area contributed by atoms with Gasteiger partial charge in [0, 0.05) is 0 Å². The van der Waals surface area contributed by atoms with E-state index in [2.05, 4.69) is 15.3 Å². The van der Waals surface area contributed by atoms with Crippen LogP contribution in [0.5, 0.6) is 0 Å². The Kier molecular flexibility index (Phi) is 5.84. The third-order valence-electron chi connectivity index (χ3n) is 5.76. The minimum Gasteiger partial charge on any atom is -0.368 e. The summed E-state index contributed by atoms with van der Waals surface area (Å²) in [4.78, 5) is 26.9. The van der Waals surface area contributed by atoms with Crippen molar-refractivity contribution in [1.82, 2.24) is 19.5 Å². The highest BCUT2D eigenvalue weighted by molar-refractivity contribution is 5.94. The van der Waals surface area contributed by atoms with E-state index < -0.39 is 6.04 Å². The molecule has 3 N–H and O–H groups in total. The van der Waals surface area contributed by atoms with Crippen molar-refractivity contribution >= 4 is 22.7 Å². The van der Waals surface area contributed by atoms with Crippen LogP contribution >= 0.6 is 0 Å². The van der Waals surface area contributed by atoms with Gasteiger partial charge in [0.25, 0.3) is 5.56 Å². The number of hydrogen-bond acceptors (Lipinski definition) is 7. The first-order chi connectivity index (χ1) is 17.5. The number of fused-ring (bicyclic) bond motifs is 1. The number of hydrogen-bond donors (Lipinski definition) is 2. The number of nitrogens with one attached hydrogen (secondary N) is 1. The van der Waals surface area contributed by atoms with E-state index in [1.54, 1.807) is 24.3 Å². The molecule has 2 aromatic heterocycles. The monoisotopic (exact) mass is 477 g/mol. The third kappa shape index (κ3) is 4.12. The summed E-state index contributed by atoms with van der Waals surface area (Å²) < 4.78 is 15.1. The van der Waals surface area contributed by atoms with E-state index in [0.717, 1.165) is 0 Å². The largest absolute Gasteiger partial charge is 0.368 e. The number of benzene rings is 3. The van der Waals surface area contributed by atoms with Crippen molar-refractivity contribution in [2.45, 2.75) is 13.0 Å². The highest BCUT2D eigenvalue weighted by Gasteiger charge is 2.21. The van der Waals surface area contributed by atoms with Gasteiger partial charge in [0.05, 0.1) is 28.8 Å². The first-order valence-electron chi connectivity index (χ1n) is 11.1. The van der Waals surface area contributed by atoms with E-state index in [-0.39, 0.29) is 28.7 Å². The number of para-hydroxylation sites is 1. The van der Waals surface area contributed by atoms with Crippen molar-refractivity contribution < 1.29 is 4.39 Å². The SMILES string of the molecule is C[C@@H](Nc1nc(N)ncc1C#N)c1nc2cccc(-c3ccc(F)cc3)c2c(=O)n1-c1ccccc1. The molecule has 0 bridgehead atoms. The smallest absolute Gasteiger partial charge is 0.266 e. The molecule has 5 aromatic rings. The highest BCUT2D eigenvalue weighted by atomic mass is 19.1. The number of nitrogen functional groups attached to an aromatic ring is 1.